The van der Waals surface area contributed by atoms with Crippen LogP contribution in [0, 0.1) is 5.92 Å². The van der Waals surface area contributed by atoms with Crippen LogP contribution < -0.4 is 5.73 Å². The lowest BCUT2D eigenvalue weighted by atomic mass is 9.94. The second-order valence-electron chi connectivity index (χ2n) is 6.20. The highest BCUT2D eigenvalue weighted by atomic mass is 32.2. The average molecular weight is 308 g/mol. The fourth-order valence-electron chi connectivity index (χ4n) is 3.84. The molecule has 1 saturated carbocycles. The Labute approximate surface area is 127 Å². The quantitative estimate of drug-likeness (QED) is 0.927. The van der Waals surface area contributed by atoms with E-state index < -0.39 is 10.0 Å². The molecule has 0 radical (unpaired) electrons. The molecule has 1 saturated heterocycles. The summed E-state index contributed by atoms with van der Waals surface area (Å²) in [6, 6.07) is 7.47. The highest BCUT2D eigenvalue weighted by Gasteiger charge is 2.41. The Morgan fingerprint density at radius 1 is 1.10 bits per heavy atom. The maximum atomic E-state index is 12.9. The summed E-state index contributed by atoms with van der Waals surface area (Å²) in [7, 11) is -3.35. The summed E-state index contributed by atoms with van der Waals surface area (Å²) in [6.45, 7) is 1.26. The first-order valence-electron chi connectivity index (χ1n) is 7.94. The first kappa shape index (κ1) is 15.0. The van der Waals surface area contributed by atoms with Crippen molar-refractivity contribution < 1.29 is 8.42 Å². The van der Waals surface area contributed by atoms with Crippen LogP contribution in [-0.4, -0.2) is 31.9 Å². The molecule has 5 heteroatoms. The van der Waals surface area contributed by atoms with Gasteiger partial charge in [0.1, 0.15) is 0 Å². The molecule has 2 N–H and O–H groups in total. The number of rotatable bonds is 4. The first-order chi connectivity index (χ1) is 10.1. The minimum Gasteiger partial charge on any atom is -0.330 e. The molecule has 0 aromatic heterocycles. The van der Waals surface area contributed by atoms with E-state index in [0.717, 1.165) is 31.2 Å². The van der Waals surface area contributed by atoms with E-state index >= 15 is 0 Å². The van der Waals surface area contributed by atoms with Crippen molar-refractivity contribution >= 4 is 10.0 Å². The lowest BCUT2D eigenvalue weighted by Crippen LogP contribution is -2.46. The molecule has 0 bridgehead atoms. The van der Waals surface area contributed by atoms with Gasteiger partial charge in [-0.05, 0) is 62.3 Å². The monoisotopic (exact) mass is 308 g/mol. The summed E-state index contributed by atoms with van der Waals surface area (Å²) in [5, 5.41) is 0. The van der Waals surface area contributed by atoms with Crippen LogP contribution in [0.25, 0.3) is 0 Å². The summed E-state index contributed by atoms with van der Waals surface area (Å²) in [5.41, 5.74) is 6.62. The van der Waals surface area contributed by atoms with Crippen molar-refractivity contribution in [1.82, 2.24) is 4.31 Å². The van der Waals surface area contributed by atoms with E-state index in [-0.39, 0.29) is 6.04 Å². The Balaban J connectivity index is 1.85. The van der Waals surface area contributed by atoms with E-state index in [2.05, 4.69) is 0 Å². The van der Waals surface area contributed by atoms with Crippen LogP contribution in [0.5, 0.6) is 0 Å². The third-order valence-corrected chi connectivity index (χ3v) is 6.84. The molecule has 21 heavy (non-hydrogen) atoms. The predicted octanol–water partition coefficient (Wildman–Crippen LogP) is 2.14. The molecule has 2 fully saturated rings. The number of hydrogen-bond donors (Lipinski definition) is 1. The lowest BCUT2D eigenvalue weighted by molar-refractivity contribution is 0.202. The molecule has 4 nitrogen and oxygen atoms in total. The van der Waals surface area contributed by atoms with Crippen molar-refractivity contribution in [2.24, 2.45) is 11.7 Å². The minimum absolute atomic E-state index is 0.229. The van der Waals surface area contributed by atoms with Crippen LogP contribution in [0.1, 0.15) is 37.7 Å². The molecular weight excluding hydrogens is 284 g/mol. The van der Waals surface area contributed by atoms with Crippen molar-refractivity contribution in [3.63, 3.8) is 0 Å². The van der Waals surface area contributed by atoms with Gasteiger partial charge in [0, 0.05) is 12.6 Å². The minimum atomic E-state index is -3.35. The fourth-order valence-corrected chi connectivity index (χ4v) is 5.59. The molecule has 0 amide bonds. The van der Waals surface area contributed by atoms with Crippen molar-refractivity contribution in [1.29, 1.82) is 0 Å². The van der Waals surface area contributed by atoms with Crippen LogP contribution in [0.2, 0.25) is 0 Å². The second-order valence-corrected chi connectivity index (χ2v) is 8.09. The van der Waals surface area contributed by atoms with Crippen LogP contribution in [0.3, 0.4) is 0 Å². The molecule has 2 unspecified atom stereocenters. The summed E-state index contributed by atoms with van der Waals surface area (Å²) < 4.78 is 27.6. The van der Waals surface area contributed by atoms with Gasteiger partial charge in [0.05, 0.1) is 4.90 Å². The maximum Gasteiger partial charge on any atom is 0.243 e. The summed E-state index contributed by atoms with van der Waals surface area (Å²) in [4.78, 5) is 0.427. The van der Waals surface area contributed by atoms with Gasteiger partial charge in [-0.2, -0.15) is 4.31 Å². The number of nitrogens with two attached hydrogens (primary N) is 1. The number of nitrogens with zero attached hydrogens (tertiary/aromatic N) is 1. The van der Waals surface area contributed by atoms with Crippen molar-refractivity contribution in [3.8, 4) is 0 Å². The van der Waals surface area contributed by atoms with E-state index in [0.29, 0.717) is 23.9 Å². The summed E-state index contributed by atoms with van der Waals surface area (Å²) in [5.74, 6) is 0.574. The van der Waals surface area contributed by atoms with E-state index in [1.54, 1.807) is 16.4 Å². The number of benzene rings is 1. The Morgan fingerprint density at radius 2 is 1.81 bits per heavy atom. The first-order valence-corrected chi connectivity index (χ1v) is 9.38. The van der Waals surface area contributed by atoms with Crippen LogP contribution in [0.15, 0.2) is 29.2 Å². The normalized spacial score (nSPS) is 26.7. The smallest absolute Gasteiger partial charge is 0.243 e. The largest absolute Gasteiger partial charge is 0.330 e. The highest BCUT2D eigenvalue weighted by molar-refractivity contribution is 7.89. The molecule has 2 aliphatic rings. The Morgan fingerprint density at radius 3 is 2.52 bits per heavy atom. The zero-order valence-electron chi connectivity index (χ0n) is 12.4. The van der Waals surface area contributed by atoms with Gasteiger partial charge in [0.15, 0.2) is 0 Å². The van der Waals surface area contributed by atoms with E-state index in [1.165, 1.54) is 12.8 Å². The van der Waals surface area contributed by atoms with Crippen LogP contribution >= 0.6 is 0 Å². The standard InChI is InChI=1S/C16H24N2O2S/c17-11-10-13-6-8-15(9-7-13)21(19,20)18-12-2-4-14-3-1-5-16(14)18/h6-9,14,16H,1-5,10-12,17H2. The zero-order chi connectivity index (χ0) is 14.9. The Kier molecular flexibility index (Phi) is 4.33. The van der Waals surface area contributed by atoms with Gasteiger partial charge in [-0.15, -0.1) is 0 Å². The third-order valence-electron chi connectivity index (χ3n) is 4.91. The molecule has 1 aliphatic heterocycles. The number of sulfonamides is 1. The summed E-state index contributed by atoms with van der Waals surface area (Å²) >= 11 is 0. The zero-order valence-corrected chi connectivity index (χ0v) is 13.2. The predicted molar refractivity (Wildman–Crippen MR) is 83.5 cm³/mol. The van der Waals surface area contributed by atoms with E-state index in [1.807, 2.05) is 12.1 Å². The van der Waals surface area contributed by atoms with E-state index in [9.17, 15) is 8.42 Å². The average Bonchev–Trinajstić information content (AvgIpc) is 2.96. The van der Waals surface area contributed by atoms with Crippen molar-refractivity contribution in [2.45, 2.75) is 49.5 Å². The van der Waals surface area contributed by atoms with Gasteiger partial charge in [-0.1, -0.05) is 18.6 Å². The topological polar surface area (TPSA) is 63.4 Å². The molecule has 1 aromatic carbocycles. The van der Waals surface area contributed by atoms with Gasteiger partial charge in [-0.25, -0.2) is 8.42 Å². The summed E-state index contributed by atoms with van der Waals surface area (Å²) in [6.07, 6.45) is 6.34. The molecule has 1 aromatic rings. The molecule has 3 rings (SSSR count). The molecule has 1 aliphatic carbocycles. The molecule has 2 atom stereocenters. The SMILES string of the molecule is NCCc1ccc(S(=O)(=O)N2CCCC3CCCC32)cc1. The van der Waals surface area contributed by atoms with E-state index in [4.69, 9.17) is 5.73 Å². The number of hydrogen-bond acceptors (Lipinski definition) is 3. The number of piperidine rings is 1. The maximum absolute atomic E-state index is 12.9. The van der Waals surface area contributed by atoms with Crippen molar-refractivity contribution in [3.05, 3.63) is 29.8 Å². The molecule has 0 spiro atoms. The van der Waals surface area contributed by atoms with Gasteiger partial charge >= 0.3 is 0 Å². The molecule has 1 heterocycles. The Hall–Kier alpha value is -0.910. The Bertz CT molecular complexity index is 583. The third kappa shape index (κ3) is 2.87. The second kappa shape index (κ2) is 6.07. The van der Waals surface area contributed by atoms with Gasteiger partial charge in [0.25, 0.3) is 0 Å². The lowest BCUT2D eigenvalue weighted by Gasteiger charge is -2.36. The fraction of sp³-hybridized carbons (Fsp3) is 0.625. The van der Waals surface area contributed by atoms with Gasteiger partial charge in [-0.3, -0.25) is 0 Å². The van der Waals surface area contributed by atoms with Gasteiger partial charge < -0.3 is 5.73 Å². The van der Waals surface area contributed by atoms with Crippen molar-refractivity contribution in [2.75, 3.05) is 13.1 Å². The van der Waals surface area contributed by atoms with Crippen LogP contribution in [0.4, 0.5) is 0 Å². The number of fused-ring (bicyclic) bond motifs is 1. The van der Waals surface area contributed by atoms with Gasteiger partial charge in [0.2, 0.25) is 10.0 Å². The molecular formula is C16H24N2O2S. The molecule has 116 valence electrons. The van der Waals surface area contributed by atoms with Crippen LogP contribution in [-0.2, 0) is 16.4 Å². The highest BCUT2D eigenvalue weighted by Crippen LogP contribution is 2.39.